The van der Waals surface area contributed by atoms with E-state index in [1.54, 1.807) is 20.8 Å². The summed E-state index contributed by atoms with van der Waals surface area (Å²) < 4.78 is 41.9. The van der Waals surface area contributed by atoms with Gasteiger partial charge in [-0.2, -0.15) is 0 Å². The normalized spacial score (nSPS) is 20.6. The summed E-state index contributed by atoms with van der Waals surface area (Å²) in [5, 5.41) is 14.1. The van der Waals surface area contributed by atoms with Crippen LogP contribution < -0.4 is 15.8 Å². The van der Waals surface area contributed by atoms with Crippen molar-refractivity contribution in [1.29, 1.82) is 0 Å². The van der Waals surface area contributed by atoms with Crippen molar-refractivity contribution in [1.82, 2.24) is 10.2 Å². The molecule has 4 N–H and O–H groups in total. The number of sulfone groups is 1. The summed E-state index contributed by atoms with van der Waals surface area (Å²) in [6, 6.07) is 5.35. The van der Waals surface area contributed by atoms with Crippen LogP contribution in [0.2, 0.25) is 0 Å². The Morgan fingerprint density at radius 2 is 2.00 bits per heavy atom. The van der Waals surface area contributed by atoms with E-state index in [9.17, 15) is 23.1 Å². The number of aliphatic hydroxyl groups excluding tert-OH is 1. The molecule has 12 heteroatoms. The first-order chi connectivity index (χ1) is 16.8. The molecule has 2 aliphatic rings. The van der Waals surface area contributed by atoms with Gasteiger partial charge in [0.2, 0.25) is 5.91 Å². The zero-order valence-electron chi connectivity index (χ0n) is 21.1. The molecule has 0 bridgehead atoms. The Kier molecular flexibility index (Phi) is 8.86. The maximum atomic E-state index is 13.0. The predicted molar refractivity (Wildman–Crippen MR) is 131 cm³/mol. The lowest BCUT2D eigenvalue weighted by atomic mass is 9.88. The van der Waals surface area contributed by atoms with E-state index in [2.05, 4.69) is 5.32 Å². The van der Waals surface area contributed by atoms with Crippen molar-refractivity contribution in [3.63, 3.8) is 0 Å². The maximum Gasteiger partial charge on any atom is 0.410 e. The molecule has 2 atom stereocenters. The number of primary amides is 1. The van der Waals surface area contributed by atoms with Gasteiger partial charge in [0.05, 0.1) is 29.7 Å². The lowest BCUT2D eigenvalue weighted by Crippen LogP contribution is -2.49. The first-order valence-electron chi connectivity index (χ1n) is 12.0. The molecule has 2 heterocycles. The lowest BCUT2D eigenvalue weighted by molar-refractivity contribution is -0.115. The molecular formula is C24H37N3O8S. The number of benzene rings is 1. The van der Waals surface area contributed by atoms with Crippen molar-refractivity contribution < 1.29 is 37.3 Å². The highest BCUT2D eigenvalue weighted by Gasteiger charge is 2.45. The zero-order valence-corrected chi connectivity index (χ0v) is 21.9. The summed E-state index contributed by atoms with van der Waals surface area (Å²) in [7, 11) is -3.90. The number of carbonyl (C=O) groups excluding carboxylic acids is 2. The molecule has 1 aromatic rings. The Morgan fingerprint density at radius 1 is 1.31 bits per heavy atom. The van der Waals surface area contributed by atoms with Crippen molar-refractivity contribution in [3.8, 4) is 5.75 Å². The average molecular weight is 528 g/mol. The Bertz CT molecular complexity index is 1030. The van der Waals surface area contributed by atoms with Crippen LogP contribution in [0.15, 0.2) is 29.2 Å². The van der Waals surface area contributed by atoms with E-state index < -0.39 is 39.3 Å². The number of piperidine rings is 1. The van der Waals surface area contributed by atoms with Gasteiger partial charge in [-0.1, -0.05) is 6.07 Å². The number of hydrogen-bond donors (Lipinski definition) is 3. The fourth-order valence-electron chi connectivity index (χ4n) is 4.44. The molecule has 0 aromatic heterocycles. The summed E-state index contributed by atoms with van der Waals surface area (Å²) in [6.07, 6.45) is 0.744. The van der Waals surface area contributed by atoms with Gasteiger partial charge in [-0.15, -0.1) is 0 Å². The second-order valence-electron chi connectivity index (χ2n) is 10.4. The molecular weight excluding hydrogens is 490 g/mol. The highest BCUT2D eigenvalue weighted by Crippen LogP contribution is 2.36. The van der Waals surface area contributed by atoms with Crippen LogP contribution in [0.3, 0.4) is 0 Å². The highest BCUT2D eigenvalue weighted by atomic mass is 32.2. The van der Waals surface area contributed by atoms with Crippen LogP contribution in [0, 0.1) is 0 Å². The molecule has 2 amide bonds. The van der Waals surface area contributed by atoms with Crippen molar-refractivity contribution in [2.45, 2.75) is 68.3 Å². The number of hydrogen-bond acceptors (Lipinski definition) is 9. The third-order valence-corrected chi connectivity index (χ3v) is 7.76. The molecule has 11 nitrogen and oxygen atoms in total. The summed E-state index contributed by atoms with van der Waals surface area (Å²) in [6.45, 7) is 7.16. The Hall–Kier alpha value is -2.41. The molecule has 202 valence electrons. The van der Waals surface area contributed by atoms with E-state index in [1.165, 1.54) is 29.2 Å². The fourth-order valence-corrected chi connectivity index (χ4v) is 5.57. The number of aliphatic hydroxyl groups is 1. The number of amides is 2. The quantitative estimate of drug-likeness (QED) is 0.423. The van der Waals surface area contributed by atoms with E-state index in [1.807, 2.05) is 0 Å². The topological polar surface area (TPSA) is 157 Å². The molecule has 0 aliphatic carbocycles. The molecule has 0 saturated carbocycles. The second-order valence-corrected chi connectivity index (χ2v) is 12.4. The van der Waals surface area contributed by atoms with Crippen LogP contribution in [0.4, 0.5) is 4.79 Å². The van der Waals surface area contributed by atoms with Gasteiger partial charge in [0.1, 0.15) is 29.8 Å². The number of carbonyl (C=O) groups is 2. The van der Waals surface area contributed by atoms with Gasteiger partial charge in [0, 0.05) is 0 Å². The van der Waals surface area contributed by atoms with Crippen molar-refractivity contribution >= 4 is 21.8 Å². The highest BCUT2D eigenvalue weighted by molar-refractivity contribution is 7.92. The molecule has 0 unspecified atom stereocenters. The molecule has 1 aromatic carbocycles. The van der Waals surface area contributed by atoms with Crippen LogP contribution in [-0.2, 0) is 24.1 Å². The van der Waals surface area contributed by atoms with E-state index >= 15 is 0 Å². The third-order valence-electron chi connectivity index (χ3n) is 6.12. The Balaban J connectivity index is 1.66. The first-order valence-corrected chi connectivity index (χ1v) is 13.7. The van der Waals surface area contributed by atoms with Crippen molar-refractivity contribution in [2.24, 2.45) is 5.73 Å². The van der Waals surface area contributed by atoms with Gasteiger partial charge in [0.25, 0.3) is 0 Å². The minimum absolute atomic E-state index is 0.0447. The van der Waals surface area contributed by atoms with E-state index in [0.717, 1.165) is 25.9 Å². The molecule has 3 rings (SSSR count). The first kappa shape index (κ1) is 28.2. The molecule has 0 radical (unpaired) electrons. The van der Waals surface area contributed by atoms with Gasteiger partial charge < -0.3 is 35.3 Å². The van der Waals surface area contributed by atoms with Crippen LogP contribution in [0.1, 0.15) is 40.0 Å². The monoisotopic (exact) mass is 527 g/mol. The van der Waals surface area contributed by atoms with Gasteiger partial charge in [-0.25, -0.2) is 13.2 Å². The average Bonchev–Trinajstić information content (AvgIpc) is 3.17. The SMILES string of the molecule is CC(C)(C)OC(=O)N(C[C@H](O)COc1cccc(S(=O)(=O)CC(N)=O)c1)[C@H]1COC2(CCNCC2)C1. The predicted octanol–water partition coefficient (Wildman–Crippen LogP) is 0.834. The molecule has 1 spiro atoms. The molecule has 2 aliphatic heterocycles. The van der Waals surface area contributed by atoms with E-state index in [0.29, 0.717) is 13.0 Å². The molecule has 2 saturated heterocycles. The van der Waals surface area contributed by atoms with Gasteiger partial charge in [-0.3, -0.25) is 4.79 Å². The number of nitrogens with zero attached hydrogens (tertiary/aromatic N) is 1. The lowest BCUT2D eigenvalue weighted by Gasteiger charge is -2.35. The van der Waals surface area contributed by atoms with Gasteiger partial charge >= 0.3 is 6.09 Å². The third kappa shape index (κ3) is 7.79. The standard InChI is InChI=1S/C24H37N3O8S/c1-23(2,3)35-22(30)27(17-12-24(34-14-17)7-9-26-10-8-24)13-18(28)15-33-19-5-4-6-20(11-19)36(31,32)16-21(25)29/h4-6,11,17-18,26,28H,7-10,12-16H2,1-3H3,(H2,25,29)/t17-,18+/m1/s1. The van der Waals surface area contributed by atoms with Crippen LogP contribution in [-0.4, -0.2) is 92.4 Å². The summed E-state index contributed by atoms with van der Waals surface area (Å²) >= 11 is 0. The van der Waals surface area contributed by atoms with Crippen LogP contribution >= 0.6 is 0 Å². The summed E-state index contributed by atoms with van der Waals surface area (Å²) in [4.78, 5) is 25.5. The number of rotatable bonds is 9. The Morgan fingerprint density at radius 3 is 2.64 bits per heavy atom. The van der Waals surface area contributed by atoms with Crippen molar-refractivity contribution in [3.05, 3.63) is 24.3 Å². The minimum atomic E-state index is -3.90. The number of ether oxygens (including phenoxy) is 3. The molecule has 36 heavy (non-hydrogen) atoms. The maximum absolute atomic E-state index is 13.0. The molecule has 2 fully saturated rings. The zero-order chi connectivity index (χ0) is 26.6. The van der Waals surface area contributed by atoms with Crippen molar-refractivity contribution in [2.75, 3.05) is 38.6 Å². The number of nitrogens with two attached hydrogens (primary N) is 1. The van der Waals surface area contributed by atoms with Gasteiger partial charge in [-0.05, 0) is 71.3 Å². The fraction of sp³-hybridized carbons (Fsp3) is 0.667. The minimum Gasteiger partial charge on any atom is -0.491 e. The van der Waals surface area contributed by atoms with Crippen LogP contribution in [0.25, 0.3) is 0 Å². The van der Waals surface area contributed by atoms with Crippen LogP contribution in [0.5, 0.6) is 5.75 Å². The van der Waals surface area contributed by atoms with E-state index in [4.69, 9.17) is 19.9 Å². The van der Waals surface area contributed by atoms with Gasteiger partial charge in [0.15, 0.2) is 9.84 Å². The summed E-state index contributed by atoms with van der Waals surface area (Å²) in [5.74, 6) is -1.58. The van der Waals surface area contributed by atoms with E-state index in [-0.39, 0.29) is 35.4 Å². The largest absolute Gasteiger partial charge is 0.491 e. The number of nitrogens with one attached hydrogen (secondary N) is 1. The Labute approximate surface area is 212 Å². The summed E-state index contributed by atoms with van der Waals surface area (Å²) in [5.41, 5.74) is 4.03. The smallest absolute Gasteiger partial charge is 0.410 e. The second kappa shape index (κ2) is 11.3.